The van der Waals surface area contributed by atoms with Gasteiger partial charge < -0.3 is 15.5 Å². The zero-order valence-corrected chi connectivity index (χ0v) is 5.58. The van der Waals surface area contributed by atoms with Gasteiger partial charge >= 0.3 is 0 Å². The standard InChI is InChI=1S/C6H11NO3/c8-3-4-1-6(10)7-2-5(4)9/h4-5,8-9H,1-3H2,(H,7,10). The normalized spacial score (nSPS) is 33.6. The number of β-amino-alcohol motifs (C(OH)–C–C–N with tert-alkyl or cyclic N) is 1. The van der Waals surface area contributed by atoms with E-state index in [9.17, 15) is 4.79 Å². The lowest BCUT2D eigenvalue weighted by Crippen LogP contribution is -2.45. The molecule has 1 rings (SSSR count). The predicted octanol–water partition coefficient (Wildman–Crippen LogP) is -1.52. The Morgan fingerprint density at radius 2 is 2.40 bits per heavy atom. The van der Waals surface area contributed by atoms with Crippen LogP contribution < -0.4 is 5.32 Å². The zero-order valence-electron chi connectivity index (χ0n) is 5.58. The van der Waals surface area contributed by atoms with Gasteiger partial charge in [0.15, 0.2) is 0 Å². The summed E-state index contributed by atoms with van der Waals surface area (Å²) in [6.45, 7) is 0.151. The molecule has 58 valence electrons. The maximum absolute atomic E-state index is 10.6. The first-order valence-corrected chi connectivity index (χ1v) is 3.29. The molecule has 3 N–H and O–H groups in total. The van der Waals surface area contributed by atoms with Crippen LogP contribution in [0.25, 0.3) is 0 Å². The molecule has 0 aromatic rings. The van der Waals surface area contributed by atoms with E-state index in [1.54, 1.807) is 0 Å². The first kappa shape index (κ1) is 7.50. The molecule has 2 atom stereocenters. The molecule has 0 radical (unpaired) electrons. The Balaban J connectivity index is 2.45. The number of hydrogen-bond acceptors (Lipinski definition) is 3. The largest absolute Gasteiger partial charge is 0.396 e. The van der Waals surface area contributed by atoms with Gasteiger partial charge in [-0.2, -0.15) is 0 Å². The van der Waals surface area contributed by atoms with Crippen LogP contribution in [0.1, 0.15) is 6.42 Å². The molecule has 0 saturated carbocycles. The number of carbonyl (C=O) groups is 1. The molecule has 0 aliphatic carbocycles. The molecule has 0 bridgehead atoms. The van der Waals surface area contributed by atoms with Crippen LogP contribution in [0.4, 0.5) is 0 Å². The van der Waals surface area contributed by atoms with Crippen LogP contribution in [0, 0.1) is 5.92 Å². The van der Waals surface area contributed by atoms with E-state index in [0.717, 1.165) is 0 Å². The number of hydrogen-bond donors (Lipinski definition) is 3. The number of rotatable bonds is 1. The third kappa shape index (κ3) is 1.46. The van der Waals surface area contributed by atoms with Gasteiger partial charge in [0.2, 0.25) is 5.91 Å². The van der Waals surface area contributed by atoms with E-state index >= 15 is 0 Å². The fraction of sp³-hybridized carbons (Fsp3) is 0.833. The topological polar surface area (TPSA) is 69.6 Å². The third-order valence-electron chi connectivity index (χ3n) is 1.73. The molecule has 4 heteroatoms. The van der Waals surface area contributed by atoms with Gasteiger partial charge in [-0.15, -0.1) is 0 Å². The fourth-order valence-corrected chi connectivity index (χ4v) is 1.02. The van der Waals surface area contributed by atoms with Crippen LogP contribution >= 0.6 is 0 Å². The van der Waals surface area contributed by atoms with E-state index in [0.29, 0.717) is 0 Å². The Bertz CT molecular complexity index is 137. The van der Waals surface area contributed by atoms with E-state index in [1.165, 1.54) is 0 Å². The van der Waals surface area contributed by atoms with Crippen LogP contribution in [0.5, 0.6) is 0 Å². The van der Waals surface area contributed by atoms with Gasteiger partial charge in [-0.1, -0.05) is 0 Å². The first-order chi connectivity index (χ1) is 4.74. The predicted molar refractivity (Wildman–Crippen MR) is 34.2 cm³/mol. The number of carbonyl (C=O) groups excluding carboxylic acids is 1. The summed E-state index contributed by atoms with van der Waals surface area (Å²) < 4.78 is 0. The summed E-state index contributed by atoms with van der Waals surface area (Å²) in [7, 11) is 0. The molecule has 1 saturated heterocycles. The van der Waals surface area contributed by atoms with Crippen molar-refractivity contribution in [3.05, 3.63) is 0 Å². The molecule has 1 aliphatic rings. The van der Waals surface area contributed by atoms with Crippen molar-refractivity contribution in [3.8, 4) is 0 Å². The number of piperidine rings is 1. The van der Waals surface area contributed by atoms with Gasteiger partial charge in [-0.05, 0) is 0 Å². The maximum atomic E-state index is 10.6. The molecular weight excluding hydrogens is 134 g/mol. The van der Waals surface area contributed by atoms with Crippen molar-refractivity contribution in [2.75, 3.05) is 13.2 Å². The van der Waals surface area contributed by atoms with E-state index in [4.69, 9.17) is 10.2 Å². The van der Waals surface area contributed by atoms with Crippen LogP contribution in [-0.2, 0) is 4.79 Å². The first-order valence-electron chi connectivity index (χ1n) is 3.29. The highest BCUT2D eigenvalue weighted by Crippen LogP contribution is 2.11. The second-order valence-corrected chi connectivity index (χ2v) is 2.52. The van der Waals surface area contributed by atoms with Gasteiger partial charge in [0.1, 0.15) is 0 Å². The highest BCUT2D eigenvalue weighted by Gasteiger charge is 2.26. The van der Waals surface area contributed by atoms with Crippen molar-refractivity contribution >= 4 is 5.91 Å². The Kier molecular flexibility index (Phi) is 2.24. The lowest BCUT2D eigenvalue weighted by molar-refractivity contribution is -0.127. The maximum Gasteiger partial charge on any atom is 0.220 e. The quantitative estimate of drug-likeness (QED) is 0.419. The third-order valence-corrected chi connectivity index (χ3v) is 1.73. The summed E-state index contributed by atoms with van der Waals surface area (Å²) in [4.78, 5) is 10.6. The van der Waals surface area contributed by atoms with Crippen molar-refractivity contribution in [2.24, 2.45) is 5.92 Å². The molecule has 0 aromatic carbocycles. The molecule has 1 heterocycles. The fourth-order valence-electron chi connectivity index (χ4n) is 1.02. The van der Waals surface area contributed by atoms with Gasteiger partial charge in [0.05, 0.1) is 6.10 Å². The summed E-state index contributed by atoms with van der Waals surface area (Å²) >= 11 is 0. The van der Waals surface area contributed by atoms with Crippen molar-refractivity contribution < 1.29 is 15.0 Å². The van der Waals surface area contributed by atoms with E-state index < -0.39 is 6.10 Å². The van der Waals surface area contributed by atoms with Crippen LogP contribution in [0.2, 0.25) is 0 Å². The number of amides is 1. The van der Waals surface area contributed by atoms with Gasteiger partial charge in [0.25, 0.3) is 0 Å². The van der Waals surface area contributed by atoms with Crippen molar-refractivity contribution in [1.29, 1.82) is 0 Å². The summed E-state index contributed by atoms with van der Waals surface area (Å²) in [5.41, 5.74) is 0. The molecule has 2 unspecified atom stereocenters. The molecule has 10 heavy (non-hydrogen) atoms. The zero-order chi connectivity index (χ0) is 7.56. The Morgan fingerprint density at radius 3 is 2.90 bits per heavy atom. The lowest BCUT2D eigenvalue weighted by atomic mass is 9.96. The molecule has 1 aliphatic heterocycles. The summed E-state index contributed by atoms with van der Waals surface area (Å²) in [6, 6.07) is 0. The number of aliphatic hydroxyl groups excluding tert-OH is 2. The number of nitrogens with one attached hydrogen (secondary N) is 1. The van der Waals surface area contributed by atoms with Crippen molar-refractivity contribution in [1.82, 2.24) is 5.32 Å². The van der Waals surface area contributed by atoms with E-state index in [2.05, 4.69) is 5.32 Å². The van der Waals surface area contributed by atoms with Gasteiger partial charge in [-0.3, -0.25) is 4.79 Å². The minimum atomic E-state index is -0.581. The molecule has 0 aromatic heterocycles. The van der Waals surface area contributed by atoms with Crippen molar-refractivity contribution in [2.45, 2.75) is 12.5 Å². The van der Waals surface area contributed by atoms with Crippen LogP contribution in [-0.4, -0.2) is 35.4 Å². The van der Waals surface area contributed by atoms with E-state index in [-0.39, 0.29) is 31.4 Å². The average Bonchev–Trinajstić information content (AvgIpc) is 1.94. The highest BCUT2D eigenvalue weighted by atomic mass is 16.3. The van der Waals surface area contributed by atoms with Crippen molar-refractivity contribution in [3.63, 3.8) is 0 Å². The van der Waals surface area contributed by atoms with Gasteiger partial charge in [-0.25, -0.2) is 0 Å². The highest BCUT2D eigenvalue weighted by molar-refractivity contribution is 5.77. The van der Waals surface area contributed by atoms with Gasteiger partial charge in [0, 0.05) is 25.5 Å². The minimum Gasteiger partial charge on any atom is -0.396 e. The SMILES string of the molecule is O=C1CC(CO)C(O)CN1. The second kappa shape index (κ2) is 2.98. The molecule has 1 amide bonds. The number of aliphatic hydroxyl groups is 2. The second-order valence-electron chi connectivity index (χ2n) is 2.52. The molecule has 0 spiro atoms. The Hall–Kier alpha value is -0.610. The summed E-state index contributed by atoms with van der Waals surface area (Å²) in [5, 5.41) is 20.2. The monoisotopic (exact) mass is 145 g/mol. The van der Waals surface area contributed by atoms with Crippen LogP contribution in [0.3, 0.4) is 0 Å². The summed E-state index contributed by atoms with van der Waals surface area (Å²) in [5.74, 6) is -0.363. The average molecular weight is 145 g/mol. The Morgan fingerprint density at radius 1 is 1.70 bits per heavy atom. The molecule has 4 nitrogen and oxygen atoms in total. The summed E-state index contributed by atoms with van der Waals surface area (Å²) in [6.07, 6.45) is -0.347. The minimum absolute atomic E-state index is 0.0932. The van der Waals surface area contributed by atoms with Crippen LogP contribution in [0.15, 0.2) is 0 Å². The molecule has 1 fully saturated rings. The van der Waals surface area contributed by atoms with E-state index in [1.807, 2.05) is 0 Å². The smallest absolute Gasteiger partial charge is 0.220 e. The Labute approximate surface area is 58.9 Å². The molecular formula is C6H11NO3. The lowest BCUT2D eigenvalue weighted by Gasteiger charge is -2.25.